The number of benzene rings is 1. The normalized spacial score (nSPS) is 19.7. The van der Waals surface area contributed by atoms with Crippen molar-refractivity contribution in [2.45, 2.75) is 46.1 Å². The molecule has 3 N–H and O–H groups in total. The van der Waals surface area contributed by atoms with Gasteiger partial charge in [-0.15, -0.1) is 0 Å². The van der Waals surface area contributed by atoms with Crippen molar-refractivity contribution in [3.63, 3.8) is 0 Å². The van der Waals surface area contributed by atoms with Crippen molar-refractivity contribution < 1.29 is 4.79 Å². The van der Waals surface area contributed by atoms with Gasteiger partial charge in [-0.05, 0) is 42.9 Å². The highest BCUT2D eigenvalue weighted by atomic mass is 16.1. The molecule has 1 unspecified atom stereocenters. The fraction of sp³-hybridized carbons (Fsp3) is 0.500. The monoisotopic (exact) mass is 284 g/mol. The maximum absolute atomic E-state index is 12.6. The predicted molar refractivity (Wildman–Crippen MR) is 86.0 cm³/mol. The summed E-state index contributed by atoms with van der Waals surface area (Å²) in [4.78, 5) is 12.6. The first-order valence-corrected chi connectivity index (χ1v) is 7.55. The van der Waals surface area contributed by atoms with Crippen molar-refractivity contribution in [2.75, 3.05) is 6.54 Å². The number of carbonyl (C=O) groups is 1. The number of nitrogens with two attached hydrogens (primary N) is 1. The van der Waals surface area contributed by atoms with Crippen LogP contribution in [-0.2, 0) is 0 Å². The summed E-state index contributed by atoms with van der Waals surface area (Å²) < 4.78 is 0. The van der Waals surface area contributed by atoms with Gasteiger partial charge in [0.2, 0.25) is 0 Å². The molecule has 1 aromatic carbocycles. The number of nitrogens with one attached hydrogen (secondary N) is 1. The molecule has 2 rings (SSSR count). The van der Waals surface area contributed by atoms with Gasteiger partial charge in [-0.25, -0.2) is 0 Å². The minimum atomic E-state index is 0.00359. The molecule has 1 amide bonds. The third kappa shape index (κ3) is 3.46. The van der Waals surface area contributed by atoms with Gasteiger partial charge in [-0.2, -0.15) is 0 Å². The molecule has 0 radical (unpaired) electrons. The van der Waals surface area contributed by atoms with E-state index in [1.807, 2.05) is 25.1 Å². The van der Waals surface area contributed by atoms with Crippen molar-refractivity contribution in [1.82, 2.24) is 5.32 Å². The highest BCUT2D eigenvalue weighted by Gasteiger charge is 2.35. The number of hydrogen-bond donors (Lipinski definition) is 2. The molecule has 1 atom stereocenters. The van der Waals surface area contributed by atoms with Gasteiger partial charge in [-0.3, -0.25) is 4.79 Å². The molecule has 0 heterocycles. The second kappa shape index (κ2) is 6.32. The first-order chi connectivity index (χ1) is 9.95. The Bertz CT molecular complexity index is 593. The van der Waals surface area contributed by atoms with Gasteiger partial charge in [0.05, 0.1) is 6.54 Å². The first kappa shape index (κ1) is 15.6. The van der Waals surface area contributed by atoms with Crippen LogP contribution in [0.2, 0.25) is 0 Å². The second-order valence-corrected chi connectivity index (χ2v) is 6.39. The first-order valence-electron chi connectivity index (χ1n) is 7.55. The van der Waals surface area contributed by atoms with Crippen LogP contribution in [0.15, 0.2) is 18.2 Å². The zero-order valence-electron chi connectivity index (χ0n) is 13.1. The van der Waals surface area contributed by atoms with Crippen molar-refractivity contribution in [3.05, 3.63) is 34.9 Å². The van der Waals surface area contributed by atoms with Crippen LogP contribution in [0.5, 0.6) is 0 Å². The maximum atomic E-state index is 12.6. The molecule has 0 aromatic heterocycles. The second-order valence-electron chi connectivity index (χ2n) is 6.39. The quantitative estimate of drug-likeness (QED) is 0.820. The van der Waals surface area contributed by atoms with Crippen molar-refractivity contribution in [1.29, 1.82) is 0 Å². The van der Waals surface area contributed by atoms with Crippen LogP contribution in [0.1, 0.15) is 54.6 Å². The molecule has 1 aliphatic rings. The minimum absolute atomic E-state index is 0.00359. The van der Waals surface area contributed by atoms with Gasteiger partial charge in [-0.1, -0.05) is 38.2 Å². The van der Waals surface area contributed by atoms with Gasteiger partial charge >= 0.3 is 0 Å². The lowest BCUT2D eigenvalue weighted by atomic mass is 9.87. The van der Waals surface area contributed by atoms with Crippen LogP contribution < -0.4 is 11.1 Å². The lowest BCUT2D eigenvalue weighted by Gasteiger charge is -2.28. The molecule has 1 fully saturated rings. The molecule has 1 saturated carbocycles. The lowest BCUT2D eigenvalue weighted by molar-refractivity contribution is 0.0909. The van der Waals surface area contributed by atoms with E-state index in [2.05, 4.69) is 31.0 Å². The lowest BCUT2D eigenvalue weighted by Crippen LogP contribution is -2.41. The van der Waals surface area contributed by atoms with E-state index in [0.717, 1.165) is 17.5 Å². The van der Waals surface area contributed by atoms with Gasteiger partial charge in [0.25, 0.3) is 5.91 Å². The average molecular weight is 284 g/mol. The van der Waals surface area contributed by atoms with Crippen LogP contribution in [0.4, 0.5) is 0 Å². The molecular formula is C18H24N2O. The molecule has 1 aromatic rings. The topological polar surface area (TPSA) is 55.1 Å². The molecule has 112 valence electrons. The maximum Gasteiger partial charge on any atom is 0.251 e. The van der Waals surface area contributed by atoms with E-state index in [1.54, 1.807) is 0 Å². The van der Waals surface area contributed by atoms with E-state index in [0.29, 0.717) is 12.1 Å². The number of amides is 1. The fourth-order valence-electron chi connectivity index (χ4n) is 2.99. The largest absolute Gasteiger partial charge is 0.349 e. The van der Waals surface area contributed by atoms with Crippen LogP contribution in [0, 0.1) is 24.2 Å². The Labute approximate surface area is 127 Å². The van der Waals surface area contributed by atoms with E-state index < -0.39 is 0 Å². The van der Waals surface area contributed by atoms with Crippen molar-refractivity contribution in [2.24, 2.45) is 11.1 Å². The Morgan fingerprint density at radius 3 is 2.86 bits per heavy atom. The molecule has 0 spiro atoms. The molecule has 1 aliphatic carbocycles. The summed E-state index contributed by atoms with van der Waals surface area (Å²) in [5.41, 5.74) is 8.10. The highest BCUT2D eigenvalue weighted by Crippen LogP contribution is 2.37. The molecule has 21 heavy (non-hydrogen) atoms. The Morgan fingerprint density at radius 2 is 2.24 bits per heavy atom. The minimum Gasteiger partial charge on any atom is -0.349 e. The molecule has 3 nitrogen and oxygen atoms in total. The summed E-state index contributed by atoms with van der Waals surface area (Å²) in [6.07, 6.45) is 3.41. The third-order valence-electron chi connectivity index (χ3n) is 4.47. The van der Waals surface area contributed by atoms with Crippen molar-refractivity contribution >= 4 is 5.91 Å². The summed E-state index contributed by atoms with van der Waals surface area (Å²) in [5.74, 6) is 5.87. The zero-order valence-corrected chi connectivity index (χ0v) is 13.1. The fourth-order valence-corrected chi connectivity index (χ4v) is 2.99. The van der Waals surface area contributed by atoms with Crippen LogP contribution >= 0.6 is 0 Å². The number of carbonyl (C=O) groups excluding carboxylic acids is 1. The Kier molecular flexibility index (Phi) is 4.69. The van der Waals surface area contributed by atoms with Gasteiger partial charge in [0.1, 0.15) is 0 Å². The summed E-state index contributed by atoms with van der Waals surface area (Å²) in [6.45, 7) is 6.71. The molecule has 0 bridgehead atoms. The van der Waals surface area contributed by atoms with E-state index in [-0.39, 0.29) is 17.4 Å². The SMILES string of the molecule is Cc1c(C#CCN)cccc1C(=O)NC1CCCC1(C)C. The summed E-state index contributed by atoms with van der Waals surface area (Å²) in [5, 5.41) is 3.20. The summed E-state index contributed by atoms with van der Waals surface area (Å²) in [6, 6.07) is 5.92. The Hall–Kier alpha value is -1.79. The number of hydrogen-bond acceptors (Lipinski definition) is 2. The van der Waals surface area contributed by atoms with Crippen LogP contribution in [-0.4, -0.2) is 18.5 Å². The van der Waals surface area contributed by atoms with Gasteiger partial charge < -0.3 is 11.1 Å². The van der Waals surface area contributed by atoms with Gasteiger partial charge in [0.15, 0.2) is 0 Å². The van der Waals surface area contributed by atoms with Gasteiger partial charge in [0, 0.05) is 17.2 Å². The van der Waals surface area contributed by atoms with Crippen LogP contribution in [0.25, 0.3) is 0 Å². The zero-order chi connectivity index (χ0) is 15.5. The smallest absolute Gasteiger partial charge is 0.251 e. The average Bonchev–Trinajstić information content (AvgIpc) is 2.76. The Balaban J connectivity index is 2.20. The molecular weight excluding hydrogens is 260 g/mol. The van der Waals surface area contributed by atoms with E-state index in [9.17, 15) is 4.79 Å². The van der Waals surface area contributed by atoms with Crippen molar-refractivity contribution in [3.8, 4) is 11.8 Å². The highest BCUT2D eigenvalue weighted by molar-refractivity contribution is 5.96. The van der Waals surface area contributed by atoms with E-state index in [1.165, 1.54) is 12.8 Å². The third-order valence-corrected chi connectivity index (χ3v) is 4.47. The Morgan fingerprint density at radius 1 is 1.48 bits per heavy atom. The van der Waals surface area contributed by atoms with E-state index >= 15 is 0 Å². The molecule has 0 saturated heterocycles. The number of rotatable bonds is 2. The molecule has 0 aliphatic heterocycles. The predicted octanol–water partition coefficient (Wildman–Crippen LogP) is 2.61. The summed E-state index contributed by atoms with van der Waals surface area (Å²) >= 11 is 0. The molecule has 3 heteroatoms. The van der Waals surface area contributed by atoms with E-state index in [4.69, 9.17) is 5.73 Å². The summed E-state index contributed by atoms with van der Waals surface area (Å²) in [7, 11) is 0. The standard InChI is InChI=1S/C18H24N2O/c1-13-14(8-6-12-19)7-4-9-15(13)17(21)20-16-10-5-11-18(16,2)3/h4,7,9,16H,5,10-12,19H2,1-3H3,(H,20,21). The van der Waals surface area contributed by atoms with Crippen LogP contribution in [0.3, 0.4) is 0 Å².